The Morgan fingerprint density at radius 1 is 1.00 bits per heavy atom. The molecule has 1 aromatic carbocycles. The van der Waals surface area contributed by atoms with Crippen LogP contribution in [0.3, 0.4) is 0 Å². The fraction of sp³-hybridized carbons (Fsp3) is 0.731. The largest absolute Gasteiger partial charge is 0.494 e. The number of hydroxylamine groups is 1. The number of ether oxygens (including phenoxy) is 1. The smallest absolute Gasteiger partial charge is 0.119 e. The summed E-state index contributed by atoms with van der Waals surface area (Å²) in [5, 5.41) is 15.7. The first-order valence-corrected chi connectivity index (χ1v) is 12.6. The number of benzene rings is 1. The van der Waals surface area contributed by atoms with E-state index in [-0.39, 0.29) is 6.67 Å². The second-order valence-corrected chi connectivity index (χ2v) is 8.21. The maximum Gasteiger partial charge on any atom is 0.119 e. The van der Waals surface area contributed by atoms with Crippen LogP contribution in [-0.4, -0.2) is 68.1 Å². The van der Waals surface area contributed by atoms with Crippen LogP contribution < -0.4 is 10.2 Å². The van der Waals surface area contributed by atoms with Gasteiger partial charge in [0.1, 0.15) is 12.0 Å². The van der Waals surface area contributed by atoms with Gasteiger partial charge in [-0.15, -0.1) is 0 Å². The Morgan fingerprint density at radius 3 is 2.24 bits per heavy atom. The predicted octanol–water partition coefficient (Wildman–Crippen LogP) is 4.96. The van der Waals surface area contributed by atoms with Crippen LogP contribution in [0.25, 0.3) is 0 Å². The lowest BCUT2D eigenvalue weighted by atomic mass is 10.1. The molecule has 0 aliphatic carbocycles. The average Bonchev–Trinajstić information content (AvgIpc) is 3.35. The van der Waals surface area contributed by atoms with Crippen molar-refractivity contribution in [2.75, 3.05) is 46.6 Å². The molecule has 6 nitrogen and oxygen atoms in total. The van der Waals surface area contributed by atoms with Gasteiger partial charge in [0.05, 0.1) is 13.3 Å². The van der Waals surface area contributed by atoms with E-state index in [1.54, 1.807) is 5.48 Å². The zero-order chi connectivity index (χ0) is 24.4. The minimum atomic E-state index is -0.251. The van der Waals surface area contributed by atoms with Gasteiger partial charge in [-0.2, -0.15) is 0 Å². The first-order valence-electron chi connectivity index (χ1n) is 12.6. The Morgan fingerprint density at radius 2 is 1.64 bits per heavy atom. The number of carbonyl (C=O) groups is 1. The Balaban J connectivity index is 0.000000663. The van der Waals surface area contributed by atoms with Crippen molar-refractivity contribution in [3.05, 3.63) is 29.8 Å². The molecular formula is C26H47FN2O4. The summed E-state index contributed by atoms with van der Waals surface area (Å²) in [7, 11) is 1.43. The summed E-state index contributed by atoms with van der Waals surface area (Å²) in [6, 6.07) is 8.35. The van der Waals surface area contributed by atoms with Gasteiger partial charge in [-0.05, 0) is 88.7 Å². The van der Waals surface area contributed by atoms with Crippen LogP contribution >= 0.6 is 0 Å². The third-order valence-corrected chi connectivity index (χ3v) is 5.34. The SMILES string of the molecule is CNO.FCCCCOc1ccc(CCCN2CCCC2)cc1.O=CCCCCCCCO. The maximum absolute atomic E-state index is 11.9. The van der Waals surface area contributed by atoms with Gasteiger partial charge in [-0.25, -0.2) is 5.48 Å². The van der Waals surface area contributed by atoms with Gasteiger partial charge in [0.15, 0.2) is 0 Å². The molecule has 3 N–H and O–H groups in total. The Hall–Kier alpha value is -1.54. The van der Waals surface area contributed by atoms with Crippen molar-refractivity contribution in [1.82, 2.24) is 10.4 Å². The minimum absolute atomic E-state index is 0.251. The highest BCUT2D eigenvalue weighted by Crippen LogP contribution is 2.15. The molecule has 2 rings (SSSR count). The summed E-state index contributed by atoms with van der Waals surface area (Å²) in [4.78, 5) is 12.4. The first-order chi connectivity index (χ1) is 16.2. The van der Waals surface area contributed by atoms with Crippen LogP contribution in [-0.2, 0) is 11.2 Å². The summed E-state index contributed by atoms with van der Waals surface area (Å²) in [5.74, 6) is 0.896. The molecule has 1 aromatic rings. The highest BCUT2D eigenvalue weighted by molar-refractivity contribution is 5.48. The molecular weight excluding hydrogens is 423 g/mol. The fourth-order valence-corrected chi connectivity index (χ4v) is 3.52. The van der Waals surface area contributed by atoms with Crippen LogP contribution in [0.1, 0.15) is 76.2 Å². The Kier molecular flexibility index (Phi) is 23.9. The zero-order valence-corrected chi connectivity index (χ0v) is 20.7. The molecule has 0 spiro atoms. The van der Waals surface area contributed by atoms with E-state index in [1.807, 2.05) is 12.1 Å². The fourth-order valence-electron chi connectivity index (χ4n) is 3.52. The van der Waals surface area contributed by atoms with E-state index in [9.17, 15) is 9.18 Å². The number of halogens is 1. The summed E-state index contributed by atoms with van der Waals surface area (Å²) in [6.07, 6.45) is 13.4. The predicted molar refractivity (Wildman–Crippen MR) is 133 cm³/mol. The number of hydrogen-bond acceptors (Lipinski definition) is 6. The van der Waals surface area contributed by atoms with Crippen LogP contribution in [0, 0.1) is 0 Å². The van der Waals surface area contributed by atoms with E-state index in [0.717, 1.165) is 57.0 Å². The number of unbranched alkanes of at least 4 members (excludes halogenated alkanes) is 6. The molecule has 0 saturated carbocycles. The molecule has 0 atom stereocenters. The van der Waals surface area contributed by atoms with E-state index in [4.69, 9.17) is 15.1 Å². The Labute approximate surface area is 200 Å². The number of rotatable bonds is 16. The highest BCUT2D eigenvalue weighted by Gasteiger charge is 2.10. The van der Waals surface area contributed by atoms with Crippen LogP contribution in [0.5, 0.6) is 5.75 Å². The van der Waals surface area contributed by atoms with E-state index in [0.29, 0.717) is 26.1 Å². The van der Waals surface area contributed by atoms with E-state index < -0.39 is 0 Å². The van der Waals surface area contributed by atoms with Gasteiger partial charge < -0.3 is 24.7 Å². The van der Waals surface area contributed by atoms with Gasteiger partial charge in [-0.3, -0.25) is 4.39 Å². The molecule has 1 heterocycles. The third-order valence-electron chi connectivity index (χ3n) is 5.34. The lowest BCUT2D eigenvalue weighted by Gasteiger charge is -2.14. The van der Waals surface area contributed by atoms with Crippen LogP contribution in [0.2, 0.25) is 0 Å². The molecule has 192 valence electrons. The summed E-state index contributed by atoms with van der Waals surface area (Å²) < 4.78 is 17.5. The number of aliphatic hydroxyl groups excluding tert-OH is 1. The van der Waals surface area contributed by atoms with Crippen molar-refractivity contribution < 1.29 is 24.2 Å². The van der Waals surface area contributed by atoms with Crippen LogP contribution in [0.15, 0.2) is 24.3 Å². The summed E-state index contributed by atoms with van der Waals surface area (Å²) in [5.41, 5.74) is 3.13. The molecule has 1 saturated heterocycles. The van der Waals surface area contributed by atoms with Crippen molar-refractivity contribution in [3.63, 3.8) is 0 Å². The van der Waals surface area contributed by atoms with E-state index in [1.165, 1.54) is 51.5 Å². The summed E-state index contributed by atoms with van der Waals surface area (Å²) >= 11 is 0. The van der Waals surface area contributed by atoms with Crippen molar-refractivity contribution in [2.45, 2.75) is 77.0 Å². The molecule has 0 radical (unpaired) electrons. The number of carbonyl (C=O) groups excluding carboxylic acids is 1. The Bertz CT molecular complexity index is 526. The minimum Gasteiger partial charge on any atom is -0.494 e. The van der Waals surface area contributed by atoms with Gasteiger partial charge in [-0.1, -0.05) is 31.4 Å². The van der Waals surface area contributed by atoms with Gasteiger partial charge >= 0.3 is 0 Å². The normalized spacial score (nSPS) is 13.0. The molecule has 0 bridgehead atoms. The monoisotopic (exact) mass is 470 g/mol. The second-order valence-electron chi connectivity index (χ2n) is 8.21. The summed E-state index contributed by atoms with van der Waals surface area (Å²) in [6.45, 7) is 4.45. The van der Waals surface area contributed by atoms with Gasteiger partial charge in [0, 0.05) is 20.1 Å². The van der Waals surface area contributed by atoms with Gasteiger partial charge in [0.2, 0.25) is 0 Å². The molecule has 1 aliphatic heterocycles. The van der Waals surface area contributed by atoms with E-state index >= 15 is 0 Å². The topological polar surface area (TPSA) is 82.0 Å². The lowest BCUT2D eigenvalue weighted by molar-refractivity contribution is -0.107. The number of alkyl halides is 1. The standard InChI is InChI=1S/C17H26FNO.C8H16O2.CH5NO/c18-11-1-4-15-20-17-9-7-16(8-10-17)6-5-14-19-12-2-3-13-19;9-7-5-3-1-2-4-6-8-10;1-2-3/h7-10H,1-6,11-15H2;7,10H,1-6,8H2;2-3H,1H3. The third kappa shape index (κ3) is 20.8. The van der Waals surface area contributed by atoms with Gasteiger partial charge in [0.25, 0.3) is 0 Å². The van der Waals surface area contributed by atoms with Crippen molar-refractivity contribution in [3.8, 4) is 5.75 Å². The number of aliphatic hydroxyl groups is 1. The molecule has 0 amide bonds. The molecule has 0 unspecified atom stereocenters. The highest BCUT2D eigenvalue weighted by atomic mass is 19.1. The molecule has 1 aliphatic rings. The molecule has 7 heteroatoms. The number of aldehydes is 1. The molecule has 1 fully saturated rings. The number of hydrogen-bond donors (Lipinski definition) is 3. The zero-order valence-electron chi connectivity index (χ0n) is 20.7. The maximum atomic E-state index is 11.9. The number of nitrogens with zero attached hydrogens (tertiary/aromatic N) is 1. The number of nitrogens with one attached hydrogen (secondary N) is 1. The lowest BCUT2D eigenvalue weighted by Crippen LogP contribution is -2.20. The van der Waals surface area contributed by atoms with E-state index in [2.05, 4.69) is 17.0 Å². The average molecular weight is 471 g/mol. The van der Waals surface area contributed by atoms with Crippen LogP contribution in [0.4, 0.5) is 4.39 Å². The second kappa shape index (κ2) is 25.1. The van der Waals surface area contributed by atoms with Crippen molar-refractivity contribution in [2.24, 2.45) is 0 Å². The quantitative estimate of drug-likeness (QED) is 0.180. The molecule has 33 heavy (non-hydrogen) atoms. The number of likely N-dealkylation sites (tertiary alicyclic amines) is 1. The van der Waals surface area contributed by atoms with Crippen molar-refractivity contribution >= 4 is 6.29 Å². The molecule has 0 aromatic heterocycles. The first kappa shape index (κ1) is 31.5. The van der Waals surface area contributed by atoms with Crippen molar-refractivity contribution in [1.29, 1.82) is 0 Å². The number of aryl methyl sites for hydroxylation is 1.